The Kier molecular flexibility index (Phi) is 4.15. The Balaban J connectivity index is 2.97. The molecule has 0 fully saturated rings. The topological polar surface area (TPSA) is 90.1 Å². The van der Waals surface area contributed by atoms with Crippen LogP contribution < -0.4 is 15.8 Å². The summed E-state index contributed by atoms with van der Waals surface area (Å²) in [5, 5.41) is 2.68. The van der Waals surface area contributed by atoms with Crippen LogP contribution >= 0.6 is 0 Å². The normalized spacial score (nSPS) is 12.2. The lowest BCUT2D eigenvalue weighted by atomic mass is 9.74. The van der Waals surface area contributed by atoms with Crippen molar-refractivity contribution in [3.05, 3.63) is 11.8 Å². The number of hydrogen-bond acceptors (Lipinski definition) is 5. The average Bonchev–Trinajstić information content (AvgIpc) is 2.26. The minimum atomic E-state index is -0.757. The molecule has 0 atom stereocenters. The molecule has 0 aliphatic carbocycles. The quantitative estimate of drug-likeness (QED) is 0.861. The summed E-state index contributed by atoms with van der Waals surface area (Å²) in [6.07, 6.45) is 0. The molecule has 1 aromatic rings. The Bertz CT molecular complexity index is 478. The summed E-state index contributed by atoms with van der Waals surface area (Å²) in [6.45, 7) is 9.00. The summed E-state index contributed by atoms with van der Waals surface area (Å²) < 4.78 is 5.04. The van der Waals surface area contributed by atoms with E-state index in [2.05, 4.69) is 15.3 Å². The molecule has 0 saturated carbocycles. The Morgan fingerprint density at radius 3 is 2.37 bits per heavy atom. The first kappa shape index (κ1) is 15.4. The molecular formula is C13H22N4O2. The molecule has 0 aromatic carbocycles. The van der Waals surface area contributed by atoms with Crippen LogP contribution in [0.4, 0.5) is 5.95 Å². The van der Waals surface area contributed by atoms with E-state index in [1.807, 2.05) is 13.8 Å². The predicted molar refractivity (Wildman–Crippen MR) is 74.0 cm³/mol. The number of amides is 1. The Morgan fingerprint density at radius 2 is 1.89 bits per heavy atom. The van der Waals surface area contributed by atoms with Crippen molar-refractivity contribution in [2.75, 3.05) is 12.4 Å². The van der Waals surface area contributed by atoms with E-state index < -0.39 is 11.0 Å². The van der Waals surface area contributed by atoms with Gasteiger partial charge in [-0.3, -0.25) is 10.1 Å². The molecular weight excluding hydrogens is 244 g/mol. The first-order valence-electron chi connectivity index (χ1n) is 6.08. The van der Waals surface area contributed by atoms with Crippen LogP contribution in [0.2, 0.25) is 0 Å². The summed E-state index contributed by atoms with van der Waals surface area (Å²) >= 11 is 0. The summed E-state index contributed by atoms with van der Waals surface area (Å²) in [6, 6.07) is 1.69. The number of aromatic nitrogens is 2. The lowest BCUT2D eigenvalue weighted by Gasteiger charge is -2.36. The molecule has 3 N–H and O–H groups in total. The number of rotatable bonds is 4. The fourth-order valence-electron chi connectivity index (χ4n) is 1.25. The van der Waals surface area contributed by atoms with Crippen LogP contribution in [0.25, 0.3) is 0 Å². The van der Waals surface area contributed by atoms with E-state index in [0.29, 0.717) is 11.6 Å². The highest BCUT2D eigenvalue weighted by Crippen LogP contribution is 2.29. The zero-order valence-electron chi connectivity index (χ0n) is 12.4. The number of methoxy groups -OCH3 is 1. The summed E-state index contributed by atoms with van der Waals surface area (Å²) in [5.41, 5.74) is 5.32. The van der Waals surface area contributed by atoms with Gasteiger partial charge in [-0.05, 0) is 34.6 Å². The SMILES string of the molecule is COc1cc(C)nc(NC(=O)C(C)(C)C(C)(C)N)n1. The van der Waals surface area contributed by atoms with Gasteiger partial charge in [-0.1, -0.05) is 0 Å². The van der Waals surface area contributed by atoms with E-state index in [4.69, 9.17) is 10.5 Å². The minimum Gasteiger partial charge on any atom is -0.481 e. The van der Waals surface area contributed by atoms with E-state index in [-0.39, 0.29) is 11.9 Å². The van der Waals surface area contributed by atoms with Gasteiger partial charge < -0.3 is 10.5 Å². The second-order valence-electron chi connectivity index (χ2n) is 5.68. The smallest absolute Gasteiger partial charge is 0.234 e. The van der Waals surface area contributed by atoms with Crippen molar-refractivity contribution in [3.63, 3.8) is 0 Å². The van der Waals surface area contributed by atoms with E-state index >= 15 is 0 Å². The molecule has 0 bridgehead atoms. The molecule has 0 radical (unpaired) electrons. The number of nitrogens with one attached hydrogen (secondary N) is 1. The number of carbonyl (C=O) groups excluding carboxylic acids is 1. The zero-order valence-corrected chi connectivity index (χ0v) is 12.4. The molecule has 0 unspecified atom stereocenters. The second kappa shape index (κ2) is 5.13. The highest BCUT2D eigenvalue weighted by molar-refractivity contribution is 5.94. The van der Waals surface area contributed by atoms with Gasteiger partial charge in [0, 0.05) is 17.3 Å². The van der Waals surface area contributed by atoms with E-state index in [0.717, 1.165) is 0 Å². The van der Waals surface area contributed by atoms with E-state index in [1.54, 1.807) is 26.8 Å². The van der Waals surface area contributed by atoms with Crippen LogP contribution in [0.5, 0.6) is 5.88 Å². The van der Waals surface area contributed by atoms with Gasteiger partial charge in [0.05, 0.1) is 12.5 Å². The minimum absolute atomic E-state index is 0.221. The summed E-state index contributed by atoms with van der Waals surface area (Å²) in [5.74, 6) is 0.402. The van der Waals surface area contributed by atoms with Gasteiger partial charge in [-0.2, -0.15) is 4.98 Å². The van der Waals surface area contributed by atoms with Crippen LogP contribution in [-0.2, 0) is 4.79 Å². The molecule has 0 saturated heterocycles. The van der Waals surface area contributed by atoms with E-state index in [9.17, 15) is 4.79 Å². The third-order valence-corrected chi connectivity index (χ3v) is 3.44. The third-order valence-electron chi connectivity index (χ3n) is 3.44. The highest BCUT2D eigenvalue weighted by Gasteiger charge is 2.40. The lowest BCUT2D eigenvalue weighted by molar-refractivity contribution is -0.126. The first-order chi connectivity index (χ1) is 8.57. The van der Waals surface area contributed by atoms with Crippen LogP contribution in [-0.4, -0.2) is 28.5 Å². The molecule has 0 aliphatic rings. The fraction of sp³-hybridized carbons (Fsp3) is 0.615. The van der Waals surface area contributed by atoms with Gasteiger partial charge in [0.1, 0.15) is 0 Å². The predicted octanol–water partition coefficient (Wildman–Crippen LogP) is 1.50. The molecule has 1 amide bonds. The third kappa shape index (κ3) is 3.41. The maximum atomic E-state index is 12.3. The molecule has 6 heteroatoms. The van der Waals surface area contributed by atoms with Crippen molar-refractivity contribution in [2.24, 2.45) is 11.1 Å². The number of hydrogen-bond donors (Lipinski definition) is 2. The first-order valence-corrected chi connectivity index (χ1v) is 6.08. The van der Waals surface area contributed by atoms with Crippen LogP contribution in [0.1, 0.15) is 33.4 Å². The van der Waals surface area contributed by atoms with Gasteiger partial charge in [0.2, 0.25) is 17.7 Å². The van der Waals surface area contributed by atoms with Crippen LogP contribution in [0.15, 0.2) is 6.07 Å². The maximum Gasteiger partial charge on any atom is 0.234 e. The Labute approximate surface area is 113 Å². The molecule has 6 nitrogen and oxygen atoms in total. The molecule has 1 aromatic heterocycles. The number of ether oxygens (including phenoxy) is 1. The molecule has 1 heterocycles. The van der Waals surface area contributed by atoms with Crippen molar-refractivity contribution >= 4 is 11.9 Å². The van der Waals surface area contributed by atoms with Crippen molar-refractivity contribution in [1.29, 1.82) is 0 Å². The maximum absolute atomic E-state index is 12.3. The fourth-order valence-corrected chi connectivity index (χ4v) is 1.25. The number of anilines is 1. The summed E-state index contributed by atoms with van der Waals surface area (Å²) in [4.78, 5) is 20.5. The molecule has 106 valence electrons. The van der Waals surface area contributed by atoms with Crippen LogP contribution in [0, 0.1) is 12.3 Å². The monoisotopic (exact) mass is 266 g/mol. The molecule has 1 rings (SSSR count). The molecule has 19 heavy (non-hydrogen) atoms. The standard InChI is InChI=1S/C13H22N4O2/c1-8-7-9(19-6)16-11(15-8)17-10(18)12(2,3)13(4,5)14/h7H,14H2,1-6H3,(H,15,16,17,18). The van der Waals surface area contributed by atoms with Gasteiger partial charge >= 0.3 is 0 Å². The van der Waals surface area contributed by atoms with Gasteiger partial charge in [-0.25, -0.2) is 4.98 Å². The second-order valence-corrected chi connectivity index (χ2v) is 5.68. The largest absolute Gasteiger partial charge is 0.481 e. The Hall–Kier alpha value is -1.69. The number of nitrogens with zero attached hydrogens (tertiary/aromatic N) is 2. The number of carbonyl (C=O) groups is 1. The average molecular weight is 266 g/mol. The van der Waals surface area contributed by atoms with Gasteiger partial charge in [0.25, 0.3) is 0 Å². The van der Waals surface area contributed by atoms with Gasteiger partial charge in [0.15, 0.2) is 0 Å². The van der Waals surface area contributed by atoms with Crippen molar-refractivity contribution in [3.8, 4) is 5.88 Å². The van der Waals surface area contributed by atoms with Crippen molar-refractivity contribution in [1.82, 2.24) is 9.97 Å². The lowest BCUT2D eigenvalue weighted by Crippen LogP contribution is -2.53. The number of aryl methyl sites for hydroxylation is 1. The van der Waals surface area contributed by atoms with Crippen molar-refractivity contribution < 1.29 is 9.53 Å². The summed E-state index contributed by atoms with van der Waals surface area (Å²) in [7, 11) is 1.51. The molecule has 0 spiro atoms. The number of nitrogens with two attached hydrogens (primary N) is 1. The van der Waals surface area contributed by atoms with Gasteiger partial charge in [-0.15, -0.1) is 0 Å². The molecule has 0 aliphatic heterocycles. The highest BCUT2D eigenvalue weighted by atomic mass is 16.5. The van der Waals surface area contributed by atoms with Crippen molar-refractivity contribution in [2.45, 2.75) is 40.2 Å². The van der Waals surface area contributed by atoms with E-state index in [1.165, 1.54) is 7.11 Å². The Morgan fingerprint density at radius 1 is 1.32 bits per heavy atom. The van der Waals surface area contributed by atoms with Crippen LogP contribution in [0.3, 0.4) is 0 Å². The zero-order chi connectivity index (χ0) is 14.8.